The zero-order valence-electron chi connectivity index (χ0n) is 7.08. The van der Waals surface area contributed by atoms with E-state index in [1.807, 2.05) is 0 Å². The van der Waals surface area contributed by atoms with Gasteiger partial charge in [-0.1, -0.05) is 11.6 Å². The van der Waals surface area contributed by atoms with Gasteiger partial charge in [-0.05, 0) is 12.1 Å². The number of rotatable bonds is 1. The van der Waals surface area contributed by atoms with Crippen LogP contribution in [0.4, 0.5) is 13.2 Å². The second kappa shape index (κ2) is 3.14. The van der Waals surface area contributed by atoms with E-state index < -0.39 is 17.3 Å². The highest BCUT2D eigenvalue weighted by Gasteiger charge is 2.43. The number of alkyl halides is 1. The van der Waals surface area contributed by atoms with Gasteiger partial charge in [0.2, 0.25) is 0 Å². The molecule has 0 radical (unpaired) electrons. The molecule has 1 heterocycles. The van der Waals surface area contributed by atoms with Gasteiger partial charge in [0.15, 0.2) is 17.3 Å². The Bertz CT molecular complexity index is 377. The second-order valence-electron chi connectivity index (χ2n) is 3.29. The van der Waals surface area contributed by atoms with E-state index >= 15 is 0 Å². The first kappa shape index (κ1) is 9.80. The van der Waals surface area contributed by atoms with Crippen LogP contribution in [-0.2, 0) is 5.67 Å². The molecule has 1 aromatic rings. The highest BCUT2D eigenvalue weighted by Crippen LogP contribution is 2.37. The van der Waals surface area contributed by atoms with Crippen LogP contribution in [0.2, 0.25) is 5.02 Å². The topological polar surface area (TPSA) is 12.0 Å². The molecule has 0 saturated carbocycles. The first-order valence-corrected chi connectivity index (χ1v) is 4.46. The average Bonchev–Trinajstić information content (AvgIpc) is 2.09. The number of hydrogen-bond donors (Lipinski definition) is 1. The quantitative estimate of drug-likeness (QED) is 0.718. The summed E-state index contributed by atoms with van der Waals surface area (Å²) in [6.45, 7) is -0.0693. The number of nitrogens with one attached hydrogen (secondary N) is 1. The van der Waals surface area contributed by atoms with Crippen LogP contribution in [-0.4, -0.2) is 13.1 Å². The first-order valence-electron chi connectivity index (χ1n) is 4.08. The fraction of sp³-hybridized carbons (Fsp3) is 0.333. The number of benzene rings is 1. The molecule has 1 N–H and O–H groups in total. The summed E-state index contributed by atoms with van der Waals surface area (Å²) in [5, 5.41) is 2.58. The molecule has 1 fully saturated rings. The molecule has 0 bridgehead atoms. The Labute approximate surface area is 83.9 Å². The van der Waals surface area contributed by atoms with Crippen molar-refractivity contribution in [3.8, 4) is 0 Å². The molecule has 1 aliphatic rings. The van der Waals surface area contributed by atoms with Gasteiger partial charge in [0.25, 0.3) is 0 Å². The van der Waals surface area contributed by atoms with Crippen LogP contribution in [0.3, 0.4) is 0 Å². The Morgan fingerprint density at radius 3 is 2.43 bits per heavy atom. The Morgan fingerprint density at radius 2 is 1.93 bits per heavy atom. The van der Waals surface area contributed by atoms with Crippen molar-refractivity contribution in [3.05, 3.63) is 34.4 Å². The molecular formula is C9H7ClF3N. The molecule has 1 aromatic carbocycles. The molecule has 1 nitrogen and oxygen atoms in total. The van der Waals surface area contributed by atoms with Crippen molar-refractivity contribution in [3.63, 3.8) is 0 Å². The van der Waals surface area contributed by atoms with E-state index in [0.717, 1.165) is 12.1 Å². The monoisotopic (exact) mass is 221 g/mol. The smallest absolute Gasteiger partial charge is 0.166 e. The molecule has 0 unspecified atom stereocenters. The normalized spacial score (nSPS) is 19.1. The van der Waals surface area contributed by atoms with Gasteiger partial charge >= 0.3 is 0 Å². The Hall–Kier alpha value is -0.740. The van der Waals surface area contributed by atoms with Crippen LogP contribution in [0.1, 0.15) is 5.56 Å². The van der Waals surface area contributed by atoms with Crippen LogP contribution in [0.5, 0.6) is 0 Å². The van der Waals surface area contributed by atoms with E-state index in [2.05, 4.69) is 5.32 Å². The zero-order valence-corrected chi connectivity index (χ0v) is 7.84. The van der Waals surface area contributed by atoms with Crippen molar-refractivity contribution in [2.45, 2.75) is 5.67 Å². The molecule has 1 saturated heterocycles. The van der Waals surface area contributed by atoms with Crippen LogP contribution in [0, 0.1) is 11.6 Å². The third-order valence-electron chi connectivity index (χ3n) is 2.30. The zero-order chi connectivity index (χ0) is 10.3. The van der Waals surface area contributed by atoms with Crippen molar-refractivity contribution >= 4 is 11.6 Å². The average molecular weight is 222 g/mol. The van der Waals surface area contributed by atoms with Crippen LogP contribution < -0.4 is 5.32 Å². The molecule has 5 heteroatoms. The largest absolute Gasteiger partial charge is 0.310 e. The van der Waals surface area contributed by atoms with E-state index in [4.69, 9.17) is 11.6 Å². The fourth-order valence-corrected chi connectivity index (χ4v) is 1.77. The van der Waals surface area contributed by atoms with E-state index in [-0.39, 0.29) is 23.7 Å². The van der Waals surface area contributed by atoms with Gasteiger partial charge in [0.05, 0.1) is 5.02 Å². The number of halogens is 4. The summed E-state index contributed by atoms with van der Waals surface area (Å²) >= 11 is 5.62. The molecule has 0 spiro atoms. The lowest BCUT2D eigenvalue weighted by Crippen LogP contribution is -2.54. The minimum absolute atomic E-state index is 0.0346. The van der Waals surface area contributed by atoms with E-state index in [1.165, 1.54) is 0 Å². The predicted molar refractivity (Wildman–Crippen MR) is 47.0 cm³/mol. The Morgan fingerprint density at radius 1 is 1.29 bits per heavy atom. The van der Waals surface area contributed by atoms with Crippen molar-refractivity contribution in [1.29, 1.82) is 0 Å². The van der Waals surface area contributed by atoms with Crippen molar-refractivity contribution in [1.82, 2.24) is 5.32 Å². The number of hydrogen-bond acceptors (Lipinski definition) is 1. The van der Waals surface area contributed by atoms with Crippen LogP contribution >= 0.6 is 11.6 Å². The minimum atomic E-state index is -1.87. The SMILES string of the molecule is Fc1ccc(Cl)c(C2(F)CNC2)c1F. The maximum Gasteiger partial charge on any atom is 0.166 e. The highest BCUT2D eigenvalue weighted by molar-refractivity contribution is 6.31. The molecule has 76 valence electrons. The van der Waals surface area contributed by atoms with Gasteiger partial charge in [-0.25, -0.2) is 13.2 Å². The molecule has 0 atom stereocenters. The molecule has 0 aliphatic carbocycles. The Kier molecular flexibility index (Phi) is 2.20. The van der Waals surface area contributed by atoms with Crippen molar-refractivity contribution < 1.29 is 13.2 Å². The van der Waals surface area contributed by atoms with Gasteiger partial charge in [0, 0.05) is 18.7 Å². The van der Waals surface area contributed by atoms with Gasteiger partial charge in [-0.3, -0.25) is 0 Å². The van der Waals surface area contributed by atoms with E-state index in [0.29, 0.717) is 0 Å². The fourth-order valence-electron chi connectivity index (χ4n) is 1.46. The van der Waals surface area contributed by atoms with Gasteiger partial charge in [0.1, 0.15) is 0 Å². The third kappa shape index (κ3) is 1.29. The van der Waals surface area contributed by atoms with Gasteiger partial charge < -0.3 is 5.32 Å². The van der Waals surface area contributed by atoms with E-state index in [9.17, 15) is 13.2 Å². The van der Waals surface area contributed by atoms with E-state index in [1.54, 1.807) is 0 Å². The maximum atomic E-state index is 13.8. The lowest BCUT2D eigenvalue weighted by molar-refractivity contribution is 0.0839. The summed E-state index contributed by atoms with van der Waals surface area (Å²) in [7, 11) is 0. The van der Waals surface area contributed by atoms with Crippen molar-refractivity contribution in [2.24, 2.45) is 0 Å². The molecule has 1 aliphatic heterocycles. The Balaban J connectivity index is 2.56. The first-order chi connectivity index (χ1) is 6.54. The molecular weight excluding hydrogens is 215 g/mol. The standard InChI is InChI=1S/C9H7ClF3N/c10-5-1-2-6(11)8(12)7(5)9(13)3-14-4-9/h1-2,14H,3-4H2. The molecule has 0 amide bonds. The summed E-state index contributed by atoms with van der Waals surface area (Å²) < 4.78 is 39.9. The van der Waals surface area contributed by atoms with Crippen molar-refractivity contribution in [2.75, 3.05) is 13.1 Å². The van der Waals surface area contributed by atoms with Crippen LogP contribution in [0.15, 0.2) is 12.1 Å². The van der Waals surface area contributed by atoms with Crippen LogP contribution in [0.25, 0.3) is 0 Å². The second-order valence-corrected chi connectivity index (χ2v) is 3.69. The lowest BCUT2D eigenvalue weighted by atomic mass is 9.89. The maximum absolute atomic E-state index is 13.8. The van der Waals surface area contributed by atoms with Gasteiger partial charge in [-0.2, -0.15) is 0 Å². The highest BCUT2D eigenvalue weighted by atomic mass is 35.5. The minimum Gasteiger partial charge on any atom is -0.310 e. The molecule has 0 aromatic heterocycles. The lowest BCUT2D eigenvalue weighted by Gasteiger charge is -2.36. The summed E-state index contributed by atoms with van der Waals surface area (Å²) in [6, 6.07) is 2.05. The molecule has 2 rings (SSSR count). The van der Waals surface area contributed by atoms with Gasteiger partial charge in [-0.15, -0.1) is 0 Å². The summed E-state index contributed by atoms with van der Waals surface area (Å²) in [5.41, 5.74) is -2.25. The predicted octanol–water partition coefficient (Wildman–Crippen LogP) is 2.39. The summed E-state index contributed by atoms with van der Waals surface area (Å²) in [4.78, 5) is 0. The molecule has 14 heavy (non-hydrogen) atoms. The summed E-state index contributed by atoms with van der Waals surface area (Å²) in [5.74, 6) is -2.27. The summed E-state index contributed by atoms with van der Waals surface area (Å²) in [6.07, 6.45) is 0. The third-order valence-corrected chi connectivity index (χ3v) is 2.62.